The van der Waals surface area contributed by atoms with Gasteiger partial charge in [0.1, 0.15) is 31.5 Å². The molecule has 1 aliphatic rings. The van der Waals surface area contributed by atoms with Gasteiger partial charge in [0.2, 0.25) is 21.8 Å². The third-order valence-electron chi connectivity index (χ3n) is 5.92. The maximum Gasteiger partial charge on any atom is 0.244 e. The molecule has 0 radical (unpaired) electrons. The number of carbonyl (C=O) groups is 2. The summed E-state index contributed by atoms with van der Waals surface area (Å²) in [5.74, 6) is 0.728. The fourth-order valence-corrected chi connectivity index (χ4v) is 4.90. The van der Waals surface area contributed by atoms with Crippen LogP contribution in [0.1, 0.15) is 32.3 Å². The second kappa shape index (κ2) is 12.7. The molecule has 1 heterocycles. The van der Waals surface area contributed by atoms with Crippen molar-refractivity contribution < 1.29 is 32.2 Å². The van der Waals surface area contributed by atoms with Crippen LogP contribution in [0.3, 0.4) is 0 Å². The Morgan fingerprint density at radius 3 is 2.46 bits per heavy atom. The summed E-state index contributed by atoms with van der Waals surface area (Å²) in [7, 11) is -2.31. The molecule has 2 aromatic carbocycles. The minimum Gasteiger partial charge on any atom is -0.497 e. The number of nitrogens with one attached hydrogen (secondary N) is 1. The predicted molar refractivity (Wildman–Crippen MR) is 141 cm³/mol. The summed E-state index contributed by atoms with van der Waals surface area (Å²) in [5.41, 5.74) is 1.02. The van der Waals surface area contributed by atoms with E-state index in [1.807, 2.05) is 19.9 Å². The number of amides is 2. The normalized spacial score (nSPS) is 13.4. The van der Waals surface area contributed by atoms with E-state index in [9.17, 15) is 18.0 Å². The first-order valence-corrected chi connectivity index (χ1v) is 14.1. The van der Waals surface area contributed by atoms with Crippen molar-refractivity contribution in [1.29, 1.82) is 0 Å². The van der Waals surface area contributed by atoms with Crippen LogP contribution in [-0.4, -0.2) is 70.8 Å². The van der Waals surface area contributed by atoms with Crippen LogP contribution in [-0.2, 0) is 26.2 Å². The first-order valence-electron chi connectivity index (χ1n) is 12.2. The van der Waals surface area contributed by atoms with E-state index < -0.39 is 28.5 Å². The van der Waals surface area contributed by atoms with Crippen LogP contribution < -0.4 is 23.8 Å². The molecule has 11 heteroatoms. The van der Waals surface area contributed by atoms with E-state index in [1.165, 1.54) is 4.90 Å². The number of anilines is 1. The summed E-state index contributed by atoms with van der Waals surface area (Å²) >= 11 is 0. The molecule has 0 aromatic heterocycles. The number of hydrogen-bond donors (Lipinski definition) is 1. The zero-order valence-corrected chi connectivity index (χ0v) is 22.5. The van der Waals surface area contributed by atoms with Gasteiger partial charge in [-0.3, -0.25) is 13.9 Å². The van der Waals surface area contributed by atoms with E-state index in [-0.39, 0.29) is 18.1 Å². The third-order valence-corrected chi connectivity index (χ3v) is 7.06. The second-order valence-corrected chi connectivity index (χ2v) is 10.6. The van der Waals surface area contributed by atoms with Crippen LogP contribution in [0.4, 0.5) is 5.69 Å². The largest absolute Gasteiger partial charge is 0.497 e. The number of carbonyl (C=O) groups excluding carboxylic acids is 2. The Morgan fingerprint density at radius 2 is 1.81 bits per heavy atom. The molecular formula is C26H35N3O7S. The molecule has 0 bridgehead atoms. The van der Waals surface area contributed by atoms with Gasteiger partial charge in [0.15, 0.2) is 11.5 Å². The fourth-order valence-electron chi connectivity index (χ4n) is 4.05. The molecule has 10 nitrogen and oxygen atoms in total. The lowest BCUT2D eigenvalue weighted by Crippen LogP contribution is -2.52. The van der Waals surface area contributed by atoms with Gasteiger partial charge in [-0.05, 0) is 42.7 Å². The summed E-state index contributed by atoms with van der Waals surface area (Å²) in [5, 5.41) is 2.86. The lowest BCUT2D eigenvalue weighted by atomic mass is 10.1. The number of sulfonamides is 1. The number of methoxy groups -OCH3 is 1. The van der Waals surface area contributed by atoms with Gasteiger partial charge < -0.3 is 24.4 Å². The summed E-state index contributed by atoms with van der Waals surface area (Å²) in [6, 6.07) is 11.1. The van der Waals surface area contributed by atoms with Crippen LogP contribution in [0.25, 0.3) is 0 Å². The van der Waals surface area contributed by atoms with Crippen molar-refractivity contribution in [3.63, 3.8) is 0 Å². The van der Waals surface area contributed by atoms with Crippen molar-refractivity contribution in [3.8, 4) is 17.2 Å². The third kappa shape index (κ3) is 7.28. The molecule has 0 aliphatic carbocycles. The monoisotopic (exact) mass is 533 g/mol. The van der Waals surface area contributed by atoms with E-state index in [0.29, 0.717) is 43.4 Å². The maximum atomic E-state index is 13.8. The summed E-state index contributed by atoms with van der Waals surface area (Å²) in [6.07, 6.45) is 2.14. The Hall–Kier alpha value is -3.47. The first-order chi connectivity index (χ1) is 17.7. The first kappa shape index (κ1) is 28.1. The molecule has 1 N–H and O–H groups in total. The number of nitrogens with zero attached hydrogens (tertiary/aromatic N) is 2. The fraction of sp³-hybridized carbons (Fsp3) is 0.462. The second-order valence-electron chi connectivity index (χ2n) is 8.69. The van der Waals surface area contributed by atoms with Gasteiger partial charge in [0.05, 0.1) is 19.1 Å². The smallest absolute Gasteiger partial charge is 0.244 e. The van der Waals surface area contributed by atoms with E-state index in [4.69, 9.17) is 14.2 Å². The number of benzene rings is 2. The van der Waals surface area contributed by atoms with Gasteiger partial charge in [-0.2, -0.15) is 0 Å². The van der Waals surface area contributed by atoms with Gasteiger partial charge in [-0.25, -0.2) is 8.42 Å². The molecule has 202 valence electrons. The Balaban J connectivity index is 1.95. The Kier molecular flexibility index (Phi) is 9.62. The lowest BCUT2D eigenvalue weighted by Gasteiger charge is -2.33. The van der Waals surface area contributed by atoms with Crippen LogP contribution in [0, 0.1) is 0 Å². The van der Waals surface area contributed by atoms with Crippen LogP contribution in [0.5, 0.6) is 17.2 Å². The number of ether oxygens (including phenoxy) is 3. The van der Waals surface area contributed by atoms with Crippen LogP contribution in [0.2, 0.25) is 0 Å². The molecular weight excluding hydrogens is 498 g/mol. The molecule has 1 atom stereocenters. The van der Waals surface area contributed by atoms with Crippen molar-refractivity contribution in [3.05, 3.63) is 48.0 Å². The van der Waals surface area contributed by atoms with Crippen molar-refractivity contribution >= 4 is 27.5 Å². The predicted octanol–water partition coefficient (Wildman–Crippen LogP) is 2.57. The minimum absolute atomic E-state index is 0.104. The number of hydrogen-bond acceptors (Lipinski definition) is 7. The number of rotatable bonds is 12. The van der Waals surface area contributed by atoms with Gasteiger partial charge in [-0.1, -0.05) is 26.0 Å². The summed E-state index contributed by atoms with van der Waals surface area (Å²) in [4.78, 5) is 28.2. The highest BCUT2D eigenvalue weighted by Crippen LogP contribution is 2.34. The molecule has 37 heavy (non-hydrogen) atoms. The van der Waals surface area contributed by atoms with Crippen molar-refractivity contribution in [2.75, 3.05) is 44.0 Å². The molecule has 1 aliphatic heterocycles. The van der Waals surface area contributed by atoms with E-state index >= 15 is 0 Å². The SMILES string of the molecule is CCCNC(=O)[C@H](CC)N(Cc1cccc(OC)c1)C(=O)CN(c1ccc2c(c1)OCCO2)S(C)(=O)=O. The van der Waals surface area contributed by atoms with Gasteiger partial charge >= 0.3 is 0 Å². The van der Waals surface area contributed by atoms with E-state index in [0.717, 1.165) is 22.5 Å². The topological polar surface area (TPSA) is 114 Å². The molecule has 0 saturated heterocycles. The lowest BCUT2D eigenvalue weighted by molar-refractivity contribution is -0.140. The molecule has 0 spiro atoms. The molecule has 0 saturated carbocycles. The van der Waals surface area contributed by atoms with Crippen LogP contribution >= 0.6 is 0 Å². The van der Waals surface area contributed by atoms with Crippen molar-refractivity contribution in [1.82, 2.24) is 10.2 Å². The highest BCUT2D eigenvalue weighted by molar-refractivity contribution is 7.92. The number of fused-ring (bicyclic) bond motifs is 1. The highest BCUT2D eigenvalue weighted by atomic mass is 32.2. The molecule has 2 amide bonds. The minimum atomic E-state index is -3.85. The molecule has 3 rings (SSSR count). The maximum absolute atomic E-state index is 13.8. The molecule has 0 fully saturated rings. The zero-order valence-electron chi connectivity index (χ0n) is 21.7. The standard InChI is InChI=1S/C26H35N3O7S/c1-5-12-27-26(31)22(6-2)28(17-19-8-7-9-21(15-19)34-3)25(30)18-29(37(4,32)33)20-10-11-23-24(16-20)36-14-13-35-23/h7-11,15-16,22H,5-6,12-14,17-18H2,1-4H3,(H,27,31)/t22-/m0/s1. The summed E-state index contributed by atoms with van der Waals surface area (Å²) < 4.78 is 43.1. The van der Waals surface area contributed by atoms with E-state index in [1.54, 1.807) is 43.5 Å². The Bertz CT molecular complexity index is 1200. The highest BCUT2D eigenvalue weighted by Gasteiger charge is 2.32. The molecule has 0 unspecified atom stereocenters. The Labute approximate surface area is 218 Å². The van der Waals surface area contributed by atoms with Crippen molar-refractivity contribution in [2.24, 2.45) is 0 Å². The van der Waals surface area contributed by atoms with Gasteiger partial charge in [-0.15, -0.1) is 0 Å². The average molecular weight is 534 g/mol. The quantitative estimate of drug-likeness (QED) is 0.446. The Morgan fingerprint density at radius 1 is 1.08 bits per heavy atom. The summed E-state index contributed by atoms with van der Waals surface area (Å²) in [6.45, 7) is 4.59. The van der Waals surface area contributed by atoms with E-state index in [2.05, 4.69) is 5.32 Å². The van der Waals surface area contributed by atoms with Crippen LogP contribution in [0.15, 0.2) is 42.5 Å². The van der Waals surface area contributed by atoms with Gasteiger partial charge in [0, 0.05) is 19.2 Å². The average Bonchev–Trinajstić information content (AvgIpc) is 2.89. The zero-order chi connectivity index (χ0) is 27.0. The van der Waals surface area contributed by atoms with Gasteiger partial charge in [0.25, 0.3) is 0 Å². The van der Waals surface area contributed by atoms with Crippen molar-refractivity contribution in [2.45, 2.75) is 39.3 Å². The molecule has 2 aromatic rings.